The number of hydrogen-bond acceptors (Lipinski definition) is 8. The van der Waals surface area contributed by atoms with E-state index in [9.17, 15) is 9.18 Å². The minimum absolute atomic E-state index is 0.228. The highest BCUT2D eigenvalue weighted by molar-refractivity contribution is 6.04. The molecule has 0 radical (unpaired) electrons. The average Bonchev–Trinajstić information content (AvgIpc) is 3.88. The van der Waals surface area contributed by atoms with Gasteiger partial charge in [0.1, 0.15) is 29.4 Å². The third-order valence-electron chi connectivity index (χ3n) is 8.42. The van der Waals surface area contributed by atoms with Crippen LogP contribution in [-0.4, -0.2) is 72.2 Å². The van der Waals surface area contributed by atoms with Gasteiger partial charge >= 0.3 is 0 Å². The second kappa shape index (κ2) is 12.6. The predicted octanol–water partition coefficient (Wildman–Crippen LogP) is 6.49. The summed E-state index contributed by atoms with van der Waals surface area (Å²) in [5.41, 5.74) is 6.17. The Morgan fingerprint density at radius 2 is 1.79 bits per heavy atom. The van der Waals surface area contributed by atoms with E-state index in [0.29, 0.717) is 57.6 Å². The first kappa shape index (κ1) is 29.4. The number of aromatic nitrogens is 7. The van der Waals surface area contributed by atoms with Gasteiger partial charge in [-0.05, 0) is 68.4 Å². The molecule has 0 saturated carbocycles. The van der Waals surface area contributed by atoms with Crippen molar-refractivity contribution < 1.29 is 13.9 Å². The summed E-state index contributed by atoms with van der Waals surface area (Å²) in [7, 11) is 0. The number of nitrogens with one attached hydrogen (secondary N) is 3. The van der Waals surface area contributed by atoms with Crippen molar-refractivity contribution in [2.75, 3.05) is 31.6 Å². The molecule has 0 atom stereocenters. The number of benzene rings is 2. The van der Waals surface area contributed by atoms with Crippen LogP contribution in [0.4, 0.5) is 10.1 Å². The lowest BCUT2D eigenvalue weighted by molar-refractivity contribution is 0.102. The van der Waals surface area contributed by atoms with E-state index < -0.39 is 5.82 Å². The highest BCUT2D eigenvalue weighted by atomic mass is 19.1. The number of aromatic amines is 2. The molecule has 48 heavy (non-hydrogen) atoms. The van der Waals surface area contributed by atoms with E-state index in [1.807, 2.05) is 36.4 Å². The van der Waals surface area contributed by atoms with Crippen LogP contribution in [0.15, 0.2) is 91.5 Å². The first-order valence-corrected chi connectivity index (χ1v) is 15.7. The Morgan fingerprint density at radius 1 is 0.917 bits per heavy atom. The normalized spacial score (nSPS) is 13.4. The van der Waals surface area contributed by atoms with Crippen molar-refractivity contribution in [3.05, 3.63) is 103 Å². The van der Waals surface area contributed by atoms with Gasteiger partial charge in [0.25, 0.3) is 5.91 Å². The minimum atomic E-state index is -0.408. The number of pyridine rings is 3. The standard InChI is InChI=1S/C36H30FN9O2/c37-25-14-23(16-27(17-25)48-13-12-46-10-4-5-11-46)32-34-29(8-9-39-32)42-35(43-34)33-28-18-30(40-21-31(28)44-45-33)24-15-26(20-38-19-24)41-36(47)22-6-2-1-3-7-22/h1-3,6-9,14-21H,4-5,10-13H2,(H,41,47)(H,42,43)(H,44,45). The summed E-state index contributed by atoms with van der Waals surface area (Å²) in [4.78, 5) is 36.8. The van der Waals surface area contributed by atoms with E-state index in [4.69, 9.17) is 9.72 Å². The second-order valence-corrected chi connectivity index (χ2v) is 11.7. The summed E-state index contributed by atoms with van der Waals surface area (Å²) in [6.45, 7) is 3.45. The Balaban J connectivity index is 1.08. The highest BCUT2D eigenvalue weighted by Gasteiger charge is 2.18. The molecule has 2 aromatic carbocycles. The molecule has 7 aromatic rings. The number of fused-ring (bicyclic) bond motifs is 2. The lowest BCUT2D eigenvalue weighted by Crippen LogP contribution is -2.25. The van der Waals surface area contributed by atoms with E-state index in [2.05, 4.69) is 40.3 Å². The predicted molar refractivity (Wildman–Crippen MR) is 181 cm³/mol. The van der Waals surface area contributed by atoms with Gasteiger partial charge in [0.05, 0.1) is 40.5 Å². The fraction of sp³-hybridized carbons (Fsp3) is 0.167. The van der Waals surface area contributed by atoms with Crippen molar-refractivity contribution in [2.24, 2.45) is 0 Å². The molecule has 238 valence electrons. The van der Waals surface area contributed by atoms with Gasteiger partial charge in [-0.2, -0.15) is 5.10 Å². The number of carbonyl (C=O) groups is 1. The Kier molecular flexibility index (Phi) is 7.75. The van der Waals surface area contributed by atoms with E-state index >= 15 is 0 Å². The SMILES string of the molecule is O=C(Nc1cncc(-c2cc3c(-c4nc5c(-c6cc(F)cc(OCCN7CCCC7)c6)nccc5[nH]4)n[nH]c3cn2)c1)c1ccccc1. The molecule has 1 saturated heterocycles. The quantitative estimate of drug-likeness (QED) is 0.163. The van der Waals surface area contributed by atoms with Gasteiger partial charge in [0.15, 0.2) is 5.82 Å². The summed E-state index contributed by atoms with van der Waals surface area (Å²) in [6.07, 6.45) is 9.06. The Morgan fingerprint density at radius 3 is 2.67 bits per heavy atom. The zero-order chi connectivity index (χ0) is 32.5. The lowest BCUT2D eigenvalue weighted by atomic mass is 10.1. The number of carbonyl (C=O) groups excluding carboxylic acids is 1. The summed E-state index contributed by atoms with van der Waals surface area (Å²) < 4.78 is 20.7. The molecule has 8 rings (SSSR count). The maximum atomic E-state index is 14.8. The van der Waals surface area contributed by atoms with E-state index in [1.54, 1.807) is 43.0 Å². The van der Waals surface area contributed by atoms with E-state index in [0.717, 1.165) is 41.6 Å². The number of amides is 1. The summed E-state index contributed by atoms with van der Waals surface area (Å²) in [6, 6.07) is 19.2. The number of imidazole rings is 1. The number of nitrogens with zero attached hydrogens (tertiary/aromatic N) is 6. The molecule has 1 fully saturated rings. The Hall–Kier alpha value is -6.01. The third-order valence-corrected chi connectivity index (χ3v) is 8.42. The molecule has 0 spiro atoms. The van der Waals surface area contributed by atoms with Gasteiger partial charge in [0, 0.05) is 47.1 Å². The van der Waals surface area contributed by atoms with E-state index in [1.165, 1.54) is 25.0 Å². The zero-order valence-corrected chi connectivity index (χ0v) is 25.8. The van der Waals surface area contributed by atoms with Crippen molar-refractivity contribution >= 4 is 33.5 Å². The molecule has 11 nitrogen and oxygen atoms in total. The van der Waals surface area contributed by atoms with Gasteiger partial charge in [-0.15, -0.1) is 0 Å². The van der Waals surface area contributed by atoms with Crippen LogP contribution in [0.2, 0.25) is 0 Å². The second-order valence-electron chi connectivity index (χ2n) is 11.7. The van der Waals surface area contributed by atoms with Crippen LogP contribution in [0.3, 0.4) is 0 Å². The molecule has 1 aliphatic rings. The summed E-state index contributed by atoms with van der Waals surface area (Å²) in [5, 5.41) is 11.3. The molecule has 5 aromatic heterocycles. The van der Waals surface area contributed by atoms with Crippen LogP contribution >= 0.6 is 0 Å². The molecular weight excluding hydrogens is 609 g/mol. The van der Waals surface area contributed by atoms with Crippen LogP contribution < -0.4 is 10.1 Å². The van der Waals surface area contributed by atoms with Crippen LogP contribution in [-0.2, 0) is 0 Å². The third kappa shape index (κ3) is 5.96. The number of rotatable bonds is 9. The maximum absolute atomic E-state index is 14.8. The fourth-order valence-corrected chi connectivity index (χ4v) is 6.04. The fourth-order valence-electron chi connectivity index (χ4n) is 6.04. The number of hydrogen-bond donors (Lipinski definition) is 3. The molecule has 3 N–H and O–H groups in total. The average molecular weight is 640 g/mol. The smallest absolute Gasteiger partial charge is 0.255 e. The summed E-state index contributed by atoms with van der Waals surface area (Å²) in [5.74, 6) is 0.335. The first-order valence-electron chi connectivity index (χ1n) is 15.7. The molecule has 6 heterocycles. The van der Waals surface area contributed by atoms with Crippen LogP contribution in [0.1, 0.15) is 23.2 Å². The number of anilines is 1. The van der Waals surface area contributed by atoms with Crippen molar-refractivity contribution in [3.8, 4) is 39.8 Å². The number of likely N-dealkylation sites (tertiary alicyclic amines) is 1. The summed E-state index contributed by atoms with van der Waals surface area (Å²) >= 11 is 0. The topological polar surface area (TPSA) is 138 Å². The monoisotopic (exact) mass is 639 g/mol. The zero-order valence-electron chi connectivity index (χ0n) is 25.8. The largest absolute Gasteiger partial charge is 0.492 e. The van der Waals surface area contributed by atoms with Crippen LogP contribution in [0.5, 0.6) is 5.75 Å². The van der Waals surface area contributed by atoms with Crippen molar-refractivity contribution in [1.29, 1.82) is 0 Å². The molecule has 1 aliphatic heterocycles. The Labute approximate surface area is 274 Å². The first-order chi connectivity index (χ1) is 23.6. The van der Waals surface area contributed by atoms with Crippen LogP contribution in [0, 0.1) is 5.82 Å². The number of ether oxygens (including phenoxy) is 1. The highest BCUT2D eigenvalue weighted by Crippen LogP contribution is 2.33. The molecule has 1 amide bonds. The minimum Gasteiger partial charge on any atom is -0.492 e. The van der Waals surface area contributed by atoms with Crippen molar-refractivity contribution in [3.63, 3.8) is 0 Å². The molecule has 0 unspecified atom stereocenters. The van der Waals surface area contributed by atoms with E-state index in [-0.39, 0.29) is 5.91 Å². The van der Waals surface area contributed by atoms with Gasteiger partial charge in [-0.1, -0.05) is 18.2 Å². The van der Waals surface area contributed by atoms with Gasteiger partial charge in [-0.25, -0.2) is 9.37 Å². The van der Waals surface area contributed by atoms with Crippen LogP contribution in [0.25, 0.3) is 56.0 Å². The molecule has 0 aliphatic carbocycles. The van der Waals surface area contributed by atoms with Crippen molar-refractivity contribution in [1.82, 2.24) is 40.0 Å². The number of H-pyrrole nitrogens is 2. The van der Waals surface area contributed by atoms with Gasteiger partial charge in [-0.3, -0.25) is 29.7 Å². The van der Waals surface area contributed by atoms with Gasteiger partial charge in [0.2, 0.25) is 0 Å². The Bertz CT molecular complexity index is 2260. The molecule has 12 heteroatoms. The molecule has 0 bridgehead atoms. The number of halogens is 1. The molecular formula is C36H30FN9O2. The van der Waals surface area contributed by atoms with Crippen molar-refractivity contribution in [2.45, 2.75) is 12.8 Å². The lowest BCUT2D eigenvalue weighted by Gasteiger charge is -2.15. The van der Waals surface area contributed by atoms with Gasteiger partial charge < -0.3 is 15.0 Å². The maximum Gasteiger partial charge on any atom is 0.255 e.